The summed E-state index contributed by atoms with van der Waals surface area (Å²) >= 11 is 12.1. The third-order valence-corrected chi connectivity index (χ3v) is 4.30. The molecule has 0 saturated heterocycles. The van der Waals surface area contributed by atoms with E-state index in [-0.39, 0.29) is 22.0 Å². The van der Waals surface area contributed by atoms with Crippen molar-refractivity contribution in [3.05, 3.63) is 93.2 Å². The molecule has 1 heterocycles. The molecule has 1 aromatic heterocycles. The minimum atomic E-state index is -1.43. The van der Waals surface area contributed by atoms with Gasteiger partial charge in [0.05, 0.1) is 21.8 Å². The van der Waals surface area contributed by atoms with Gasteiger partial charge in [0.15, 0.2) is 6.10 Å². The number of benzene rings is 2. The van der Waals surface area contributed by atoms with E-state index in [2.05, 4.69) is 4.98 Å². The lowest BCUT2D eigenvalue weighted by molar-refractivity contribution is 0.0995. The summed E-state index contributed by atoms with van der Waals surface area (Å²) in [6.45, 7) is 0. The Kier molecular flexibility index (Phi) is 5.58. The molecular formula is C19H12Cl2F2N2O2. The molecule has 0 aliphatic rings. The Morgan fingerprint density at radius 1 is 1.07 bits per heavy atom. The fourth-order valence-corrected chi connectivity index (χ4v) is 2.87. The molecule has 1 atom stereocenters. The van der Waals surface area contributed by atoms with Gasteiger partial charge >= 0.3 is 0 Å². The third kappa shape index (κ3) is 4.02. The number of halogens is 4. The zero-order valence-electron chi connectivity index (χ0n) is 13.6. The molecule has 0 saturated carbocycles. The topological polar surface area (TPSA) is 65.2 Å². The van der Waals surface area contributed by atoms with Crippen LogP contribution in [0.2, 0.25) is 10.0 Å². The first-order valence-electron chi connectivity index (χ1n) is 7.69. The number of amides is 1. The Labute approximate surface area is 163 Å². The summed E-state index contributed by atoms with van der Waals surface area (Å²) in [5.74, 6) is -2.50. The van der Waals surface area contributed by atoms with Crippen LogP contribution in [0.1, 0.15) is 27.7 Å². The molecular weight excluding hydrogens is 397 g/mol. The summed E-state index contributed by atoms with van der Waals surface area (Å²) in [6, 6.07) is 10.6. The van der Waals surface area contributed by atoms with E-state index in [1.165, 1.54) is 42.6 Å². The number of ether oxygens (including phenoxy) is 1. The summed E-state index contributed by atoms with van der Waals surface area (Å²) in [6.07, 6.45) is -0.0675. The van der Waals surface area contributed by atoms with Crippen LogP contribution >= 0.6 is 23.2 Å². The van der Waals surface area contributed by atoms with Gasteiger partial charge < -0.3 is 10.5 Å². The first kappa shape index (κ1) is 19.1. The fourth-order valence-electron chi connectivity index (χ4n) is 2.54. The average Bonchev–Trinajstić information content (AvgIpc) is 2.63. The molecule has 0 aliphatic heterocycles. The Morgan fingerprint density at radius 3 is 2.44 bits per heavy atom. The second kappa shape index (κ2) is 7.90. The molecule has 0 radical (unpaired) electrons. The summed E-state index contributed by atoms with van der Waals surface area (Å²) in [5, 5.41) is 0.469. The van der Waals surface area contributed by atoms with Gasteiger partial charge in [-0.3, -0.25) is 9.78 Å². The molecule has 1 unspecified atom stereocenters. The van der Waals surface area contributed by atoms with Crippen LogP contribution in [0.3, 0.4) is 0 Å². The first-order valence-corrected chi connectivity index (χ1v) is 8.44. The van der Waals surface area contributed by atoms with Crippen molar-refractivity contribution in [1.82, 2.24) is 4.98 Å². The highest BCUT2D eigenvalue weighted by atomic mass is 35.5. The number of rotatable bonds is 5. The van der Waals surface area contributed by atoms with E-state index in [1.807, 2.05) is 0 Å². The highest BCUT2D eigenvalue weighted by molar-refractivity contribution is 6.34. The maximum atomic E-state index is 14.5. The van der Waals surface area contributed by atoms with Crippen molar-refractivity contribution in [3.8, 4) is 5.75 Å². The van der Waals surface area contributed by atoms with Crippen LogP contribution in [-0.4, -0.2) is 10.9 Å². The molecule has 0 bridgehead atoms. The predicted octanol–water partition coefficient (Wildman–Crippen LogP) is 4.93. The van der Waals surface area contributed by atoms with Gasteiger partial charge in [0, 0.05) is 17.3 Å². The Hall–Kier alpha value is -2.70. The quantitative estimate of drug-likeness (QED) is 0.650. The van der Waals surface area contributed by atoms with Crippen LogP contribution in [0.15, 0.2) is 54.7 Å². The van der Waals surface area contributed by atoms with Crippen LogP contribution in [0, 0.1) is 11.6 Å². The SMILES string of the molecule is NC(=O)c1cccnc1C(Oc1cc(Cl)ccc1Cl)c1c(F)cccc1F. The van der Waals surface area contributed by atoms with Crippen LogP contribution in [0.4, 0.5) is 8.78 Å². The standard InChI is InChI=1S/C19H12Cl2F2N2O2/c20-10-6-7-12(21)15(9-10)27-18(16-13(22)4-1-5-14(16)23)17-11(19(24)26)3-2-8-25-17/h1-9,18H,(H2,24,26). The van der Waals surface area contributed by atoms with E-state index in [4.69, 9.17) is 33.7 Å². The van der Waals surface area contributed by atoms with Crippen LogP contribution < -0.4 is 10.5 Å². The summed E-state index contributed by atoms with van der Waals surface area (Å²) in [4.78, 5) is 15.9. The minimum absolute atomic E-state index is 0.0386. The molecule has 0 aliphatic carbocycles. The number of pyridine rings is 1. The zero-order valence-corrected chi connectivity index (χ0v) is 15.1. The molecule has 2 aromatic carbocycles. The Balaban J connectivity index is 2.22. The fraction of sp³-hybridized carbons (Fsp3) is 0.0526. The van der Waals surface area contributed by atoms with E-state index in [0.717, 1.165) is 12.1 Å². The number of primary amides is 1. The maximum Gasteiger partial charge on any atom is 0.250 e. The summed E-state index contributed by atoms with van der Waals surface area (Å²) in [7, 11) is 0. The maximum absolute atomic E-state index is 14.5. The van der Waals surface area contributed by atoms with Crippen LogP contribution in [0.25, 0.3) is 0 Å². The molecule has 3 aromatic rings. The lowest BCUT2D eigenvalue weighted by Crippen LogP contribution is -2.21. The van der Waals surface area contributed by atoms with Gasteiger partial charge in [0.2, 0.25) is 0 Å². The lowest BCUT2D eigenvalue weighted by Gasteiger charge is -2.22. The van der Waals surface area contributed by atoms with Gasteiger partial charge in [-0.25, -0.2) is 8.78 Å². The van der Waals surface area contributed by atoms with Gasteiger partial charge in [-0.05, 0) is 36.4 Å². The number of nitrogens with two attached hydrogens (primary N) is 1. The van der Waals surface area contributed by atoms with Crippen molar-refractivity contribution in [1.29, 1.82) is 0 Å². The summed E-state index contributed by atoms with van der Waals surface area (Å²) in [5.41, 5.74) is 4.86. The van der Waals surface area contributed by atoms with Gasteiger partial charge in [-0.15, -0.1) is 0 Å². The number of nitrogens with zero attached hydrogens (tertiary/aromatic N) is 1. The highest BCUT2D eigenvalue weighted by Crippen LogP contribution is 2.36. The molecule has 1 amide bonds. The largest absolute Gasteiger partial charge is 0.477 e. The van der Waals surface area contributed by atoms with Crippen molar-refractivity contribution in [2.24, 2.45) is 5.73 Å². The van der Waals surface area contributed by atoms with E-state index < -0.39 is 29.2 Å². The van der Waals surface area contributed by atoms with Crippen molar-refractivity contribution in [2.75, 3.05) is 0 Å². The van der Waals surface area contributed by atoms with Crippen LogP contribution in [-0.2, 0) is 0 Å². The monoisotopic (exact) mass is 408 g/mol. The molecule has 0 spiro atoms. The molecule has 2 N–H and O–H groups in total. The van der Waals surface area contributed by atoms with E-state index in [9.17, 15) is 13.6 Å². The van der Waals surface area contributed by atoms with Crippen molar-refractivity contribution < 1.29 is 18.3 Å². The number of carbonyl (C=O) groups is 1. The van der Waals surface area contributed by atoms with Crippen molar-refractivity contribution in [3.63, 3.8) is 0 Å². The second-order valence-corrected chi connectivity index (χ2v) is 6.35. The number of hydrogen-bond donors (Lipinski definition) is 1. The molecule has 27 heavy (non-hydrogen) atoms. The lowest BCUT2D eigenvalue weighted by atomic mass is 10.00. The van der Waals surface area contributed by atoms with Gasteiger partial charge in [0.25, 0.3) is 5.91 Å². The zero-order chi connectivity index (χ0) is 19.6. The minimum Gasteiger partial charge on any atom is -0.477 e. The molecule has 8 heteroatoms. The van der Waals surface area contributed by atoms with Crippen molar-refractivity contribution >= 4 is 29.1 Å². The number of aromatic nitrogens is 1. The molecule has 3 rings (SSSR count). The summed E-state index contributed by atoms with van der Waals surface area (Å²) < 4.78 is 34.7. The van der Waals surface area contributed by atoms with Crippen LogP contribution in [0.5, 0.6) is 5.75 Å². The number of carbonyl (C=O) groups excluding carboxylic acids is 1. The van der Waals surface area contributed by atoms with E-state index in [0.29, 0.717) is 5.02 Å². The second-order valence-electron chi connectivity index (χ2n) is 5.51. The van der Waals surface area contributed by atoms with E-state index >= 15 is 0 Å². The van der Waals surface area contributed by atoms with Crippen molar-refractivity contribution in [2.45, 2.75) is 6.10 Å². The molecule has 4 nitrogen and oxygen atoms in total. The number of hydrogen-bond acceptors (Lipinski definition) is 3. The Bertz CT molecular complexity index is 994. The predicted molar refractivity (Wildman–Crippen MR) is 98.0 cm³/mol. The van der Waals surface area contributed by atoms with Gasteiger partial charge in [-0.1, -0.05) is 29.3 Å². The van der Waals surface area contributed by atoms with Gasteiger partial charge in [0.1, 0.15) is 17.4 Å². The van der Waals surface area contributed by atoms with E-state index in [1.54, 1.807) is 0 Å². The normalized spacial score (nSPS) is 11.9. The van der Waals surface area contributed by atoms with Gasteiger partial charge in [-0.2, -0.15) is 0 Å². The smallest absolute Gasteiger partial charge is 0.250 e. The third-order valence-electron chi connectivity index (χ3n) is 3.75. The Morgan fingerprint density at radius 2 is 1.78 bits per heavy atom. The first-order chi connectivity index (χ1) is 12.9. The molecule has 0 fully saturated rings. The average molecular weight is 409 g/mol. The molecule has 138 valence electrons. The highest BCUT2D eigenvalue weighted by Gasteiger charge is 2.29.